The van der Waals surface area contributed by atoms with E-state index < -0.39 is 17.9 Å². The fourth-order valence-electron chi connectivity index (χ4n) is 2.75. The van der Waals surface area contributed by atoms with Crippen LogP contribution in [0.2, 0.25) is 0 Å². The molecule has 0 aliphatic rings. The zero-order valence-electron chi connectivity index (χ0n) is 15.5. The standard InChI is InChI=1S/C20H24N2O4/c1-13-9-14(2)11-15(10-13)22-20(24)19(23)21-12-18(26-4)16-7-5-6-8-17(16)25-3/h5-11,18H,12H2,1-4H3,(H,21,23)(H,22,24). The summed E-state index contributed by atoms with van der Waals surface area (Å²) in [6.07, 6.45) is -0.427. The van der Waals surface area contributed by atoms with Crippen LogP contribution in [0.1, 0.15) is 22.8 Å². The minimum atomic E-state index is -0.721. The van der Waals surface area contributed by atoms with Crippen LogP contribution in [-0.4, -0.2) is 32.6 Å². The van der Waals surface area contributed by atoms with Crippen molar-refractivity contribution in [2.75, 3.05) is 26.1 Å². The third-order valence-electron chi connectivity index (χ3n) is 3.90. The maximum atomic E-state index is 12.1. The first-order chi connectivity index (χ1) is 12.4. The van der Waals surface area contributed by atoms with Gasteiger partial charge < -0.3 is 20.1 Å². The van der Waals surface area contributed by atoms with Crippen LogP contribution in [0, 0.1) is 13.8 Å². The summed E-state index contributed by atoms with van der Waals surface area (Å²) >= 11 is 0. The van der Waals surface area contributed by atoms with Crippen molar-refractivity contribution < 1.29 is 19.1 Å². The number of ether oxygens (including phenoxy) is 2. The van der Waals surface area contributed by atoms with Crippen molar-refractivity contribution in [2.45, 2.75) is 20.0 Å². The largest absolute Gasteiger partial charge is 0.496 e. The molecule has 1 atom stereocenters. The van der Waals surface area contributed by atoms with Gasteiger partial charge in [-0.3, -0.25) is 9.59 Å². The Morgan fingerprint density at radius 1 is 1.00 bits per heavy atom. The average molecular weight is 356 g/mol. The Morgan fingerprint density at radius 2 is 1.65 bits per heavy atom. The van der Waals surface area contributed by atoms with E-state index in [4.69, 9.17) is 9.47 Å². The number of methoxy groups -OCH3 is 2. The summed E-state index contributed by atoms with van der Waals surface area (Å²) in [7, 11) is 3.11. The van der Waals surface area contributed by atoms with Gasteiger partial charge in [-0.1, -0.05) is 24.3 Å². The number of benzene rings is 2. The van der Waals surface area contributed by atoms with Gasteiger partial charge in [0.15, 0.2) is 0 Å². The lowest BCUT2D eigenvalue weighted by Crippen LogP contribution is -2.38. The van der Waals surface area contributed by atoms with Crippen LogP contribution in [0.25, 0.3) is 0 Å². The van der Waals surface area contributed by atoms with Crippen molar-refractivity contribution in [1.29, 1.82) is 0 Å². The van der Waals surface area contributed by atoms with Gasteiger partial charge in [-0.2, -0.15) is 0 Å². The van der Waals surface area contributed by atoms with Crippen LogP contribution in [0.15, 0.2) is 42.5 Å². The van der Waals surface area contributed by atoms with Crippen molar-refractivity contribution in [3.63, 3.8) is 0 Å². The molecule has 0 aliphatic carbocycles. The summed E-state index contributed by atoms with van der Waals surface area (Å²) in [5, 5.41) is 5.21. The molecule has 0 heterocycles. The lowest BCUT2D eigenvalue weighted by Gasteiger charge is -2.19. The van der Waals surface area contributed by atoms with E-state index >= 15 is 0 Å². The van der Waals surface area contributed by atoms with E-state index in [0.717, 1.165) is 16.7 Å². The van der Waals surface area contributed by atoms with Gasteiger partial charge in [0.25, 0.3) is 0 Å². The monoisotopic (exact) mass is 356 g/mol. The number of hydrogen-bond donors (Lipinski definition) is 2. The quantitative estimate of drug-likeness (QED) is 0.781. The van der Waals surface area contributed by atoms with Crippen LogP contribution in [0.3, 0.4) is 0 Å². The zero-order chi connectivity index (χ0) is 19.1. The summed E-state index contributed by atoms with van der Waals surface area (Å²) in [5.41, 5.74) is 3.41. The molecule has 0 spiro atoms. The highest BCUT2D eigenvalue weighted by atomic mass is 16.5. The second-order valence-electron chi connectivity index (χ2n) is 6.01. The van der Waals surface area contributed by atoms with E-state index in [-0.39, 0.29) is 6.54 Å². The molecular formula is C20H24N2O4. The average Bonchev–Trinajstić information content (AvgIpc) is 2.61. The Balaban J connectivity index is 1.98. The second-order valence-corrected chi connectivity index (χ2v) is 6.01. The molecule has 0 aliphatic heterocycles. The number of carbonyl (C=O) groups excluding carboxylic acids is 2. The molecule has 0 saturated carbocycles. The molecule has 2 rings (SSSR count). The SMILES string of the molecule is COc1ccccc1C(CNC(=O)C(=O)Nc1cc(C)cc(C)c1)OC. The van der Waals surface area contributed by atoms with Crippen LogP contribution in [0.5, 0.6) is 5.75 Å². The minimum absolute atomic E-state index is 0.149. The molecule has 0 aromatic heterocycles. The normalized spacial score (nSPS) is 11.5. The molecule has 26 heavy (non-hydrogen) atoms. The van der Waals surface area contributed by atoms with E-state index in [2.05, 4.69) is 10.6 Å². The number of carbonyl (C=O) groups is 2. The number of rotatable bonds is 6. The Labute approximate surface area is 153 Å². The van der Waals surface area contributed by atoms with Gasteiger partial charge in [0.2, 0.25) is 0 Å². The van der Waals surface area contributed by atoms with Crippen molar-refractivity contribution in [3.05, 3.63) is 59.2 Å². The highest BCUT2D eigenvalue weighted by Gasteiger charge is 2.19. The van der Waals surface area contributed by atoms with Gasteiger partial charge in [0.1, 0.15) is 11.9 Å². The number of hydrogen-bond acceptors (Lipinski definition) is 4. The Kier molecular flexibility index (Phi) is 6.74. The van der Waals surface area contributed by atoms with Crippen molar-refractivity contribution in [1.82, 2.24) is 5.32 Å². The number of amides is 2. The Hall–Kier alpha value is -2.86. The minimum Gasteiger partial charge on any atom is -0.496 e. The predicted octanol–water partition coefficient (Wildman–Crippen LogP) is 2.75. The van der Waals surface area contributed by atoms with Crippen molar-refractivity contribution in [3.8, 4) is 5.75 Å². The fourth-order valence-corrected chi connectivity index (χ4v) is 2.75. The molecule has 2 aromatic rings. The number of nitrogens with one attached hydrogen (secondary N) is 2. The maximum absolute atomic E-state index is 12.1. The molecule has 2 amide bonds. The van der Waals surface area contributed by atoms with Gasteiger partial charge >= 0.3 is 11.8 Å². The molecular weight excluding hydrogens is 332 g/mol. The topological polar surface area (TPSA) is 76.7 Å². The third kappa shape index (κ3) is 5.07. The molecule has 0 saturated heterocycles. The molecule has 6 nitrogen and oxygen atoms in total. The summed E-state index contributed by atoms with van der Waals surface area (Å²) in [4.78, 5) is 24.2. The lowest BCUT2D eigenvalue weighted by atomic mass is 10.1. The highest BCUT2D eigenvalue weighted by Crippen LogP contribution is 2.26. The van der Waals surface area contributed by atoms with Crippen LogP contribution < -0.4 is 15.4 Å². The Bertz CT molecular complexity index is 769. The van der Waals surface area contributed by atoms with E-state index in [1.54, 1.807) is 14.2 Å². The molecule has 2 aromatic carbocycles. The van der Waals surface area contributed by atoms with E-state index in [1.807, 2.05) is 56.3 Å². The molecule has 1 unspecified atom stereocenters. The van der Waals surface area contributed by atoms with E-state index in [0.29, 0.717) is 11.4 Å². The number of aryl methyl sites for hydroxylation is 2. The first-order valence-corrected chi connectivity index (χ1v) is 8.27. The highest BCUT2D eigenvalue weighted by molar-refractivity contribution is 6.39. The molecule has 2 N–H and O–H groups in total. The molecule has 6 heteroatoms. The lowest BCUT2D eigenvalue weighted by molar-refractivity contribution is -0.136. The van der Waals surface area contributed by atoms with Gasteiger partial charge in [-0.15, -0.1) is 0 Å². The van der Waals surface area contributed by atoms with Gasteiger partial charge in [-0.25, -0.2) is 0 Å². The number of anilines is 1. The predicted molar refractivity (Wildman–Crippen MR) is 100 cm³/mol. The summed E-state index contributed by atoms with van der Waals surface area (Å²) in [6, 6.07) is 13.0. The zero-order valence-corrected chi connectivity index (χ0v) is 15.5. The van der Waals surface area contributed by atoms with Crippen molar-refractivity contribution >= 4 is 17.5 Å². The Morgan fingerprint density at radius 3 is 2.27 bits per heavy atom. The summed E-state index contributed by atoms with van der Waals surface area (Å²) in [6.45, 7) is 4.01. The first kappa shape index (κ1) is 19.5. The van der Waals surface area contributed by atoms with Crippen LogP contribution in [0.4, 0.5) is 5.69 Å². The van der Waals surface area contributed by atoms with Gasteiger partial charge in [0, 0.05) is 24.9 Å². The smallest absolute Gasteiger partial charge is 0.313 e. The van der Waals surface area contributed by atoms with Gasteiger partial charge in [0.05, 0.1) is 7.11 Å². The molecule has 0 fully saturated rings. The number of para-hydroxylation sites is 1. The van der Waals surface area contributed by atoms with E-state index in [9.17, 15) is 9.59 Å². The molecule has 138 valence electrons. The molecule has 0 radical (unpaired) electrons. The first-order valence-electron chi connectivity index (χ1n) is 8.27. The van der Waals surface area contributed by atoms with Crippen molar-refractivity contribution in [2.24, 2.45) is 0 Å². The third-order valence-corrected chi connectivity index (χ3v) is 3.90. The summed E-state index contributed by atoms with van der Waals surface area (Å²) < 4.78 is 10.7. The molecule has 0 bridgehead atoms. The second kappa shape index (κ2) is 9.01. The van der Waals surface area contributed by atoms with E-state index in [1.165, 1.54) is 0 Å². The van der Waals surface area contributed by atoms with Gasteiger partial charge in [-0.05, 0) is 43.2 Å². The fraction of sp³-hybridized carbons (Fsp3) is 0.300. The van der Waals surface area contributed by atoms with Crippen LogP contribution in [-0.2, 0) is 14.3 Å². The van der Waals surface area contributed by atoms with Crippen LogP contribution >= 0.6 is 0 Å². The summed E-state index contributed by atoms with van der Waals surface area (Å²) in [5.74, 6) is -0.778. The maximum Gasteiger partial charge on any atom is 0.313 e.